The highest BCUT2D eigenvalue weighted by Gasteiger charge is 2.29. The van der Waals surface area contributed by atoms with Crippen LogP contribution < -0.4 is 0 Å². The van der Waals surface area contributed by atoms with Gasteiger partial charge in [0.2, 0.25) is 0 Å². The summed E-state index contributed by atoms with van der Waals surface area (Å²) in [4.78, 5) is 0. The molecule has 1 aromatic rings. The molecule has 0 amide bonds. The summed E-state index contributed by atoms with van der Waals surface area (Å²) in [6.45, 7) is 8.67. The molecule has 0 heterocycles. The Labute approximate surface area is 216 Å². The minimum absolute atomic E-state index is 0.0241. The average molecular weight is 503 g/mol. The van der Waals surface area contributed by atoms with E-state index in [9.17, 15) is 4.39 Å². The molecule has 0 aromatic heterocycles. The number of ether oxygens (including phenoxy) is 1. The van der Waals surface area contributed by atoms with Crippen molar-refractivity contribution >= 4 is 0 Å². The van der Waals surface area contributed by atoms with E-state index in [0.29, 0.717) is 29.6 Å². The predicted molar refractivity (Wildman–Crippen MR) is 144 cm³/mol. The predicted octanol–water partition coefficient (Wildman–Crippen LogP) is 10.1. The summed E-state index contributed by atoms with van der Waals surface area (Å²) in [5, 5.41) is 0. The molecule has 2 aliphatic carbocycles. The van der Waals surface area contributed by atoms with E-state index in [1.54, 1.807) is 18.2 Å². The first-order valence-electron chi connectivity index (χ1n) is 14.2. The van der Waals surface area contributed by atoms with Gasteiger partial charge in [-0.2, -0.15) is 0 Å². The Balaban J connectivity index is 1.52. The zero-order valence-electron chi connectivity index (χ0n) is 22.7. The molecule has 0 aliphatic heterocycles. The van der Waals surface area contributed by atoms with Gasteiger partial charge in [0.25, 0.3) is 0 Å². The van der Waals surface area contributed by atoms with Crippen LogP contribution in [0.4, 0.5) is 13.2 Å². The maximum absolute atomic E-state index is 15.1. The van der Waals surface area contributed by atoms with E-state index in [2.05, 4.69) is 13.8 Å². The molecular formula is C32H45F3O. The van der Waals surface area contributed by atoms with Gasteiger partial charge in [-0.05, 0) is 93.2 Å². The molecule has 1 saturated carbocycles. The van der Waals surface area contributed by atoms with Crippen molar-refractivity contribution in [2.75, 3.05) is 6.61 Å². The normalized spacial score (nSPS) is 26.3. The monoisotopic (exact) mass is 502 g/mol. The second kappa shape index (κ2) is 14.2. The highest BCUT2D eigenvalue weighted by Crippen LogP contribution is 2.39. The molecule has 200 valence electrons. The number of hydrogen-bond donors (Lipinski definition) is 0. The number of halogens is 3. The van der Waals surface area contributed by atoms with Crippen LogP contribution in [-0.2, 0) is 4.74 Å². The maximum Gasteiger partial charge on any atom is 0.162 e. The van der Waals surface area contributed by atoms with Gasteiger partial charge in [-0.3, -0.25) is 0 Å². The van der Waals surface area contributed by atoms with Crippen LogP contribution >= 0.6 is 0 Å². The van der Waals surface area contributed by atoms with E-state index in [0.717, 1.165) is 64.2 Å². The number of rotatable bonds is 11. The number of benzene rings is 1. The third-order valence-corrected chi connectivity index (χ3v) is 8.26. The lowest BCUT2D eigenvalue weighted by Gasteiger charge is -2.31. The van der Waals surface area contributed by atoms with E-state index >= 15 is 8.78 Å². The van der Waals surface area contributed by atoms with Crippen molar-refractivity contribution in [2.24, 2.45) is 11.8 Å². The Morgan fingerprint density at radius 1 is 1.03 bits per heavy atom. The summed E-state index contributed by atoms with van der Waals surface area (Å²) < 4.78 is 50.6. The molecule has 1 aromatic carbocycles. The van der Waals surface area contributed by atoms with Gasteiger partial charge in [-0.1, -0.05) is 69.5 Å². The van der Waals surface area contributed by atoms with Gasteiger partial charge in [0, 0.05) is 5.92 Å². The van der Waals surface area contributed by atoms with E-state index in [1.807, 2.05) is 32.1 Å². The zero-order chi connectivity index (χ0) is 26.1. The molecule has 0 N–H and O–H groups in total. The fourth-order valence-corrected chi connectivity index (χ4v) is 5.70. The lowest BCUT2D eigenvalue weighted by atomic mass is 9.78. The SMILES string of the molecule is C/C=C(\C=C/C(C)c1ccc(C2CCC(COC3CCC(CCCC)C=C3F)CC2)c(F)c1F)CC. The fourth-order valence-electron chi connectivity index (χ4n) is 5.70. The molecule has 1 nitrogen and oxygen atoms in total. The van der Waals surface area contributed by atoms with E-state index < -0.39 is 17.7 Å². The Morgan fingerprint density at radius 2 is 1.78 bits per heavy atom. The second-order valence-electron chi connectivity index (χ2n) is 10.8. The van der Waals surface area contributed by atoms with Gasteiger partial charge in [0.1, 0.15) is 11.9 Å². The lowest BCUT2D eigenvalue weighted by Crippen LogP contribution is -2.25. The van der Waals surface area contributed by atoms with Crippen molar-refractivity contribution in [3.8, 4) is 0 Å². The van der Waals surface area contributed by atoms with Crippen LogP contribution in [-0.4, -0.2) is 12.7 Å². The molecule has 36 heavy (non-hydrogen) atoms. The van der Waals surface area contributed by atoms with Crippen molar-refractivity contribution in [3.05, 3.63) is 70.6 Å². The van der Waals surface area contributed by atoms with Gasteiger partial charge in [-0.15, -0.1) is 0 Å². The minimum atomic E-state index is -0.717. The Hall–Kier alpha value is -1.81. The largest absolute Gasteiger partial charge is 0.371 e. The van der Waals surface area contributed by atoms with Gasteiger partial charge in [0.05, 0.1) is 6.61 Å². The van der Waals surface area contributed by atoms with Crippen LogP contribution in [0.25, 0.3) is 0 Å². The van der Waals surface area contributed by atoms with Crippen LogP contribution in [0.3, 0.4) is 0 Å². The second-order valence-corrected chi connectivity index (χ2v) is 10.8. The molecule has 0 radical (unpaired) electrons. The van der Waals surface area contributed by atoms with Gasteiger partial charge in [0.15, 0.2) is 11.6 Å². The third-order valence-electron chi connectivity index (χ3n) is 8.26. The smallest absolute Gasteiger partial charge is 0.162 e. The summed E-state index contributed by atoms with van der Waals surface area (Å²) in [5.74, 6) is -0.984. The van der Waals surface area contributed by atoms with E-state index in [4.69, 9.17) is 4.74 Å². The molecule has 0 saturated heterocycles. The number of unbranched alkanes of at least 4 members (excludes halogenated alkanes) is 1. The summed E-state index contributed by atoms with van der Waals surface area (Å²) >= 11 is 0. The molecule has 3 atom stereocenters. The van der Waals surface area contributed by atoms with Gasteiger partial charge < -0.3 is 4.74 Å². The minimum Gasteiger partial charge on any atom is -0.371 e. The highest BCUT2D eigenvalue weighted by molar-refractivity contribution is 5.34. The van der Waals surface area contributed by atoms with Gasteiger partial charge in [-0.25, -0.2) is 13.2 Å². The molecule has 4 heteroatoms. The third kappa shape index (κ3) is 7.60. The van der Waals surface area contributed by atoms with Crippen molar-refractivity contribution < 1.29 is 17.9 Å². The standard InChI is InChI=1S/C32H45F3O/c1-5-8-9-24-14-19-30(29(33)20-24)36-21-25-12-15-26(16-13-25)28-18-17-27(31(34)32(28)35)22(4)10-11-23(6-2)7-3/h6,10-11,17-18,20,22,24-26,30H,5,7-9,12-16,19,21H2,1-4H3/b11-10-,23-6-. The van der Waals surface area contributed by atoms with Crippen LogP contribution in [0.5, 0.6) is 0 Å². The molecule has 3 unspecified atom stereocenters. The first kappa shape index (κ1) is 28.8. The van der Waals surface area contributed by atoms with Crippen LogP contribution in [0.2, 0.25) is 0 Å². The lowest BCUT2D eigenvalue weighted by molar-refractivity contribution is 0.0159. The maximum atomic E-state index is 15.1. The van der Waals surface area contributed by atoms with Gasteiger partial charge >= 0.3 is 0 Å². The first-order valence-corrected chi connectivity index (χ1v) is 14.2. The number of hydrogen-bond acceptors (Lipinski definition) is 1. The Bertz CT molecular complexity index is 924. The molecule has 0 spiro atoms. The molecule has 0 bridgehead atoms. The molecule has 2 aliphatic rings. The fraction of sp³-hybridized carbons (Fsp3) is 0.625. The quantitative estimate of drug-likeness (QED) is 0.274. The topological polar surface area (TPSA) is 9.23 Å². The van der Waals surface area contributed by atoms with E-state index in [1.165, 1.54) is 5.57 Å². The Morgan fingerprint density at radius 3 is 2.42 bits per heavy atom. The first-order chi connectivity index (χ1) is 17.4. The van der Waals surface area contributed by atoms with Crippen molar-refractivity contribution in [3.63, 3.8) is 0 Å². The molecular weight excluding hydrogens is 457 g/mol. The summed E-state index contributed by atoms with van der Waals surface area (Å²) in [6.07, 6.45) is 16.8. The van der Waals surface area contributed by atoms with E-state index in [-0.39, 0.29) is 17.7 Å². The van der Waals surface area contributed by atoms with Crippen LogP contribution in [0.15, 0.2) is 47.8 Å². The summed E-state index contributed by atoms with van der Waals surface area (Å²) in [7, 11) is 0. The van der Waals surface area contributed by atoms with Crippen LogP contribution in [0, 0.1) is 23.5 Å². The molecule has 1 fully saturated rings. The Kier molecular flexibility index (Phi) is 11.4. The van der Waals surface area contributed by atoms with Crippen LogP contribution in [0.1, 0.15) is 115 Å². The zero-order valence-corrected chi connectivity index (χ0v) is 22.7. The molecule has 3 rings (SSSR count). The number of allylic oxidation sites excluding steroid dienone is 5. The van der Waals surface area contributed by atoms with Crippen molar-refractivity contribution in [1.82, 2.24) is 0 Å². The summed E-state index contributed by atoms with van der Waals surface area (Å²) in [6, 6.07) is 3.54. The highest BCUT2D eigenvalue weighted by atomic mass is 19.2. The average Bonchev–Trinajstić information content (AvgIpc) is 2.89. The summed E-state index contributed by atoms with van der Waals surface area (Å²) in [5.41, 5.74) is 2.08. The van der Waals surface area contributed by atoms with Crippen molar-refractivity contribution in [1.29, 1.82) is 0 Å². The van der Waals surface area contributed by atoms with Crippen molar-refractivity contribution in [2.45, 2.75) is 110 Å².